The van der Waals surface area contributed by atoms with Crippen molar-refractivity contribution in [1.29, 1.82) is 0 Å². The van der Waals surface area contributed by atoms with Crippen molar-refractivity contribution in [2.45, 2.75) is 32.2 Å². The standard InChI is InChI=1S/C16H17NO4/c1-9-3-2-4-10-8-13(21-14(9)10)15(18)17-12-6-5-11(7-12)16(19)20/h2-4,8,11-12H,5-7H2,1H3,(H,17,18)(H,19,20)/t11-,12+/m0/s1. The molecular weight excluding hydrogens is 270 g/mol. The van der Waals surface area contributed by atoms with Gasteiger partial charge in [-0.1, -0.05) is 18.2 Å². The molecule has 2 aromatic rings. The van der Waals surface area contributed by atoms with Crippen LogP contribution < -0.4 is 5.32 Å². The Morgan fingerprint density at radius 2 is 2.14 bits per heavy atom. The molecule has 5 heteroatoms. The van der Waals surface area contributed by atoms with Gasteiger partial charge in [0.05, 0.1) is 5.92 Å². The van der Waals surface area contributed by atoms with E-state index in [4.69, 9.17) is 9.52 Å². The summed E-state index contributed by atoms with van der Waals surface area (Å²) in [6, 6.07) is 7.39. The molecule has 0 spiro atoms. The second kappa shape index (κ2) is 5.24. The number of aryl methyl sites for hydroxylation is 1. The predicted molar refractivity (Wildman–Crippen MR) is 77.2 cm³/mol. The zero-order valence-corrected chi connectivity index (χ0v) is 11.8. The molecule has 0 unspecified atom stereocenters. The summed E-state index contributed by atoms with van der Waals surface area (Å²) in [5.41, 5.74) is 1.70. The smallest absolute Gasteiger partial charge is 0.306 e. The fourth-order valence-electron chi connectivity index (χ4n) is 2.91. The Morgan fingerprint density at radius 1 is 1.33 bits per heavy atom. The van der Waals surface area contributed by atoms with Crippen molar-refractivity contribution >= 4 is 22.8 Å². The van der Waals surface area contributed by atoms with E-state index in [2.05, 4.69) is 5.32 Å². The number of carbonyl (C=O) groups is 2. The van der Waals surface area contributed by atoms with Crippen molar-refractivity contribution in [3.63, 3.8) is 0 Å². The third-order valence-corrected chi connectivity index (χ3v) is 4.08. The van der Waals surface area contributed by atoms with Gasteiger partial charge in [0.25, 0.3) is 5.91 Å². The molecule has 1 aliphatic rings. The van der Waals surface area contributed by atoms with Crippen LogP contribution >= 0.6 is 0 Å². The van der Waals surface area contributed by atoms with E-state index in [9.17, 15) is 9.59 Å². The maximum absolute atomic E-state index is 12.2. The van der Waals surface area contributed by atoms with Gasteiger partial charge in [-0.25, -0.2) is 0 Å². The highest BCUT2D eigenvalue weighted by molar-refractivity contribution is 5.96. The average Bonchev–Trinajstić information content (AvgIpc) is 3.05. The van der Waals surface area contributed by atoms with Crippen molar-refractivity contribution in [3.8, 4) is 0 Å². The number of amides is 1. The number of furan rings is 1. The number of para-hydroxylation sites is 1. The summed E-state index contributed by atoms with van der Waals surface area (Å²) in [4.78, 5) is 23.1. The molecule has 21 heavy (non-hydrogen) atoms. The number of fused-ring (bicyclic) bond motifs is 1. The van der Waals surface area contributed by atoms with Crippen LogP contribution in [0.1, 0.15) is 35.4 Å². The fraction of sp³-hybridized carbons (Fsp3) is 0.375. The maximum atomic E-state index is 12.2. The summed E-state index contributed by atoms with van der Waals surface area (Å²) in [7, 11) is 0. The van der Waals surface area contributed by atoms with Gasteiger partial charge in [0, 0.05) is 11.4 Å². The van der Waals surface area contributed by atoms with Gasteiger partial charge < -0.3 is 14.8 Å². The summed E-state index contributed by atoms with van der Waals surface area (Å²) in [5.74, 6) is -1.14. The molecule has 1 fully saturated rings. The first-order valence-electron chi connectivity index (χ1n) is 7.07. The highest BCUT2D eigenvalue weighted by atomic mass is 16.4. The topological polar surface area (TPSA) is 79.5 Å². The largest absolute Gasteiger partial charge is 0.481 e. The number of hydrogen-bond donors (Lipinski definition) is 2. The van der Waals surface area contributed by atoms with Gasteiger partial charge in [0.15, 0.2) is 5.76 Å². The number of hydrogen-bond acceptors (Lipinski definition) is 3. The van der Waals surface area contributed by atoms with Crippen molar-refractivity contribution in [3.05, 3.63) is 35.6 Å². The van der Waals surface area contributed by atoms with Crippen LogP contribution in [0.15, 0.2) is 28.7 Å². The molecule has 3 rings (SSSR count). The van der Waals surface area contributed by atoms with E-state index < -0.39 is 5.97 Å². The van der Waals surface area contributed by atoms with Crippen LogP contribution in [0.5, 0.6) is 0 Å². The first kappa shape index (κ1) is 13.7. The van der Waals surface area contributed by atoms with Crippen molar-refractivity contribution in [2.75, 3.05) is 0 Å². The van der Waals surface area contributed by atoms with Gasteiger partial charge in [0.1, 0.15) is 5.58 Å². The number of nitrogens with one attached hydrogen (secondary N) is 1. The van der Waals surface area contributed by atoms with Gasteiger partial charge in [-0.3, -0.25) is 9.59 Å². The maximum Gasteiger partial charge on any atom is 0.306 e. The zero-order valence-electron chi connectivity index (χ0n) is 11.8. The molecule has 2 N–H and O–H groups in total. The van der Waals surface area contributed by atoms with E-state index in [0.29, 0.717) is 19.3 Å². The highest BCUT2D eigenvalue weighted by Gasteiger charge is 2.31. The Kier molecular flexibility index (Phi) is 3.41. The molecule has 1 aromatic heterocycles. The molecular formula is C16H17NO4. The van der Waals surface area contributed by atoms with Gasteiger partial charge in [-0.05, 0) is 37.8 Å². The number of carboxylic acid groups (broad SMARTS) is 1. The van der Waals surface area contributed by atoms with Crippen LogP contribution in [0.2, 0.25) is 0 Å². The Balaban J connectivity index is 1.73. The summed E-state index contributed by atoms with van der Waals surface area (Å²) in [5, 5.41) is 12.7. The number of carboxylic acids is 1. The molecule has 1 aliphatic carbocycles. The van der Waals surface area contributed by atoms with Gasteiger partial charge in [-0.2, -0.15) is 0 Å². The first-order chi connectivity index (χ1) is 10.0. The normalized spacial score (nSPS) is 21.6. The predicted octanol–water partition coefficient (Wildman–Crippen LogP) is 2.72. The fourth-order valence-corrected chi connectivity index (χ4v) is 2.91. The molecule has 0 saturated heterocycles. The Hall–Kier alpha value is -2.30. The molecule has 1 saturated carbocycles. The van der Waals surface area contributed by atoms with E-state index in [1.54, 1.807) is 6.07 Å². The van der Waals surface area contributed by atoms with Crippen LogP contribution in [-0.4, -0.2) is 23.0 Å². The van der Waals surface area contributed by atoms with Crippen molar-refractivity contribution < 1.29 is 19.1 Å². The molecule has 2 atom stereocenters. The molecule has 5 nitrogen and oxygen atoms in total. The highest BCUT2D eigenvalue weighted by Crippen LogP contribution is 2.27. The van der Waals surface area contributed by atoms with Crippen molar-refractivity contribution in [2.24, 2.45) is 5.92 Å². The van der Waals surface area contributed by atoms with Crippen LogP contribution in [0.4, 0.5) is 0 Å². The second-order valence-corrected chi connectivity index (χ2v) is 5.62. The minimum atomic E-state index is -0.786. The number of rotatable bonds is 3. The molecule has 1 amide bonds. The quantitative estimate of drug-likeness (QED) is 0.909. The lowest BCUT2D eigenvalue weighted by molar-refractivity contribution is -0.141. The number of aliphatic carboxylic acids is 1. The third-order valence-electron chi connectivity index (χ3n) is 4.08. The molecule has 1 heterocycles. The molecule has 0 aliphatic heterocycles. The summed E-state index contributed by atoms with van der Waals surface area (Å²) in [6.07, 6.45) is 1.79. The molecule has 1 aromatic carbocycles. The van der Waals surface area contributed by atoms with E-state index in [-0.39, 0.29) is 23.6 Å². The van der Waals surface area contributed by atoms with Gasteiger partial charge >= 0.3 is 5.97 Å². The zero-order chi connectivity index (χ0) is 15.0. The average molecular weight is 287 g/mol. The number of benzene rings is 1. The van der Waals surface area contributed by atoms with Gasteiger partial charge in [-0.15, -0.1) is 0 Å². The SMILES string of the molecule is Cc1cccc2cc(C(=O)N[C@@H]3CC[C@H](C(=O)O)C3)oc12. The lowest BCUT2D eigenvalue weighted by Gasteiger charge is -2.10. The summed E-state index contributed by atoms with van der Waals surface area (Å²) in [6.45, 7) is 1.93. The minimum Gasteiger partial charge on any atom is -0.481 e. The van der Waals surface area contributed by atoms with E-state index >= 15 is 0 Å². The van der Waals surface area contributed by atoms with Crippen LogP contribution in [0.3, 0.4) is 0 Å². The first-order valence-corrected chi connectivity index (χ1v) is 7.07. The van der Waals surface area contributed by atoms with Gasteiger partial charge in [0.2, 0.25) is 0 Å². The van der Waals surface area contributed by atoms with E-state index in [1.165, 1.54) is 0 Å². The minimum absolute atomic E-state index is 0.0899. The van der Waals surface area contributed by atoms with Crippen LogP contribution in [-0.2, 0) is 4.79 Å². The summed E-state index contributed by atoms with van der Waals surface area (Å²) < 4.78 is 5.62. The van der Waals surface area contributed by atoms with E-state index in [0.717, 1.165) is 16.5 Å². The monoisotopic (exact) mass is 287 g/mol. The lowest BCUT2D eigenvalue weighted by atomic mass is 10.1. The molecule has 0 radical (unpaired) electrons. The second-order valence-electron chi connectivity index (χ2n) is 5.62. The molecule has 110 valence electrons. The Bertz CT molecular complexity index is 703. The summed E-state index contributed by atoms with van der Waals surface area (Å²) >= 11 is 0. The van der Waals surface area contributed by atoms with Crippen molar-refractivity contribution in [1.82, 2.24) is 5.32 Å². The Labute approximate surface area is 121 Å². The van der Waals surface area contributed by atoms with Crippen LogP contribution in [0, 0.1) is 12.8 Å². The van der Waals surface area contributed by atoms with Crippen LogP contribution in [0.25, 0.3) is 11.0 Å². The van der Waals surface area contributed by atoms with E-state index in [1.807, 2.05) is 25.1 Å². The Morgan fingerprint density at radius 3 is 2.81 bits per heavy atom. The number of carbonyl (C=O) groups excluding carboxylic acids is 1. The molecule has 0 bridgehead atoms. The third kappa shape index (κ3) is 2.63. The lowest BCUT2D eigenvalue weighted by Crippen LogP contribution is -2.33.